The Labute approximate surface area is 197 Å². The van der Waals surface area contributed by atoms with Gasteiger partial charge in [0.25, 0.3) is 0 Å². The zero-order chi connectivity index (χ0) is 22.2. The highest BCUT2D eigenvalue weighted by molar-refractivity contribution is 5.64. The summed E-state index contributed by atoms with van der Waals surface area (Å²) >= 11 is 0. The Morgan fingerprint density at radius 2 is 1.47 bits per heavy atom. The maximum atomic E-state index is 2.43. The van der Waals surface area contributed by atoms with Crippen molar-refractivity contribution in [3.8, 4) is 11.1 Å². The van der Waals surface area contributed by atoms with Gasteiger partial charge in [0.2, 0.25) is 0 Å². The van der Waals surface area contributed by atoms with Crippen LogP contribution in [0.1, 0.15) is 102 Å². The van der Waals surface area contributed by atoms with Crippen molar-refractivity contribution >= 4 is 0 Å². The van der Waals surface area contributed by atoms with E-state index in [0.29, 0.717) is 0 Å². The zero-order valence-corrected chi connectivity index (χ0v) is 20.6. The molecule has 2 saturated carbocycles. The standard InChI is InChI=1S/C32H44/c1-3-5-7-9-25-11-14-27(15-12-25)28-17-19-29(20-18-28)31-22-21-30-23-26(10-8-6-4-2)13-16-32(30)24-31/h3,5,11-12,14-15,17-20,26,30-32H,4,6-10,13,16,21-24H2,1-2H3/b5-3+. The molecule has 0 radical (unpaired) electrons. The molecule has 0 spiro atoms. The Bertz CT molecular complexity index is 825. The van der Waals surface area contributed by atoms with Crippen LogP contribution >= 0.6 is 0 Å². The lowest BCUT2D eigenvalue weighted by Crippen LogP contribution is -2.30. The molecule has 0 bridgehead atoms. The fourth-order valence-electron chi connectivity index (χ4n) is 6.46. The lowest BCUT2D eigenvalue weighted by molar-refractivity contribution is 0.113. The van der Waals surface area contributed by atoms with E-state index < -0.39 is 0 Å². The van der Waals surface area contributed by atoms with Gasteiger partial charge in [-0.2, -0.15) is 0 Å². The number of fused-ring (bicyclic) bond motifs is 1. The quantitative estimate of drug-likeness (QED) is 0.275. The molecule has 0 aliphatic heterocycles. The number of rotatable bonds is 9. The molecule has 0 N–H and O–H groups in total. The lowest BCUT2D eigenvalue weighted by Gasteiger charge is -2.42. The van der Waals surface area contributed by atoms with E-state index >= 15 is 0 Å². The van der Waals surface area contributed by atoms with E-state index in [1.807, 2.05) is 0 Å². The molecule has 4 atom stereocenters. The van der Waals surface area contributed by atoms with Crippen LogP contribution in [0.15, 0.2) is 60.7 Å². The van der Waals surface area contributed by atoms with Gasteiger partial charge in [0.1, 0.15) is 0 Å². The Morgan fingerprint density at radius 1 is 0.781 bits per heavy atom. The van der Waals surface area contributed by atoms with Crippen LogP contribution in [-0.2, 0) is 6.42 Å². The molecule has 0 nitrogen and oxygen atoms in total. The van der Waals surface area contributed by atoms with Crippen molar-refractivity contribution in [3.05, 3.63) is 71.8 Å². The highest BCUT2D eigenvalue weighted by atomic mass is 14.4. The summed E-state index contributed by atoms with van der Waals surface area (Å²) in [7, 11) is 0. The summed E-state index contributed by atoms with van der Waals surface area (Å²) in [5.74, 6) is 3.84. The molecule has 0 aromatic heterocycles. The van der Waals surface area contributed by atoms with E-state index in [4.69, 9.17) is 0 Å². The molecule has 0 heterocycles. The Hall–Kier alpha value is -1.82. The summed E-state index contributed by atoms with van der Waals surface area (Å²) in [6.07, 6.45) is 21.3. The summed E-state index contributed by atoms with van der Waals surface area (Å²) in [6, 6.07) is 18.8. The van der Waals surface area contributed by atoms with Gasteiger partial charge in [-0.3, -0.25) is 0 Å². The molecule has 0 saturated heterocycles. The number of hydrogen-bond acceptors (Lipinski definition) is 0. The Balaban J connectivity index is 1.30. The summed E-state index contributed by atoms with van der Waals surface area (Å²) in [5, 5.41) is 0. The number of allylic oxidation sites excluding steroid dienone is 2. The monoisotopic (exact) mass is 428 g/mol. The maximum Gasteiger partial charge on any atom is -0.0159 e. The van der Waals surface area contributed by atoms with E-state index in [-0.39, 0.29) is 0 Å². The average Bonchev–Trinajstić information content (AvgIpc) is 2.85. The van der Waals surface area contributed by atoms with Gasteiger partial charge in [-0.05, 0) is 97.8 Å². The molecule has 32 heavy (non-hydrogen) atoms. The minimum absolute atomic E-state index is 0.788. The van der Waals surface area contributed by atoms with Crippen LogP contribution in [0.25, 0.3) is 11.1 Å². The molecular weight excluding hydrogens is 384 g/mol. The van der Waals surface area contributed by atoms with Crippen molar-refractivity contribution in [1.29, 1.82) is 0 Å². The summed E-state index contributed by atoms with van der Waals surface area (Å²) < 4.78 is 0. The van der Waals surface area contributed by atoms with Gasteiger partial charge < -0.3 is 0 Å². The highest BCUT2D eigenvalue weighted by Crippen LogP contribution is 2.48. The first kappa shape index (κ1) is 23.3. The predicted octanol–water partition coefficient (Wildman–Crippen LogP) is 9.74. The first-order valence-corrected chi connectivity index (χ1v) is 13.6. The van der Waals surface area contributed by atoms with E-state index in [2.05, 4.69) is 74.5 Å². The van der Waals surface area contributed by atoms with Crippen molar-refractivity contribution in [2.75, 3.05) is 0 Å². The topological polar surface area (TPSA) is 0 Å². The minimum atomic E-state index is 0.788. The molecule has 172 valence electrons. The third-order valence-corrected chi connectivity index (χ3v) is 8.44. The van der Waals surface area contributed by atoms with Crippen LogP contribution in [0.4, 0.5) is 0 Å². The Morgan fingerprint density at radius 3 is 2.19 bits per heavy atom. The highest BCUT2D eigenvalue weighted by Gasteiger charge is 2.35. The summed E-state index contributed by atoms with van der Waals surface area (Å²) in [6.45, 7) is 4.42. The largest absolute Gasteiger partial charge is 0.0917 e. The van der Waals surface area contributed by atoms with Crippen LogP contribution in [0.5, 0.6) is 0 Å². The summed E-state index contributed by atoms with van der Waals surface area (Å²) in [5.41, 5.74) is 5.71. The molecule has 0 heteroatoms. The molecule has 4 rings (SSSR count). The van der Waals surface area contributed by atoms with Gasteiger partial charge >= 0.3 is 0 Å². The van der Waals surface area contributed by atoms with Crippen LogP contribution in [0, 0.1) is 17.8 Å². The maximum absolute atomic E-state index is 2.43. The number of unbranched alkanes of at least 4 members (excludes halogenated alkanes) is 2. The molecule has 2 aromatic carbocycles. The molecule has 2 aliphatic carbocycles. The van der Waals surface area contributed by atoms with Gasteiger partial charge in [0, 0.05) is 0 Å². The number of aryl methyl sites for hydroxylation is 1. The molecule has 2 fully saturated rings. The first-order chi connectivity index (χ1) is 15.8. The average molecular weight is 429 g/mol. The van der Waals surface area contributed by atoms with Crippen LogP contribution in [0.3, 0.4) is 0 Å². The van der Waals surface area contributed by atoms with Gasteiger partial charge in [-0.25, -0.2) is 0 Å². The third-order valence-electron chi connectivity index (χ3n) is 8.44. The van der Waals surface area contributed by atoms with Crippen LogP contribution in [-0.4, -0.2) is 0 Å². The molecule has 4 unspecified atom stereocenters. The predicted molar refractivity (Wildman–Crippen MR) is 140 cm³/mol. The minimum Gasteiger partial charge on any atom is -0.0917 e. The van der Waals surface area contributed by atoms with Crippen molar-refractivity contribution < 1.29 is 0 Å². The van der Waals surface area contributed by atoms with Crippen molar-refractivity contribution in [2.45, 2.75) is 96.8 Å². The summed E-state index contributed by atoms with van der Waals surface area (Å²) in [4.78, 5) is 0. The van der Waals surface area contributed by atoms with Gasteiger partial charge in [0.15, 0.2) is 0 Å². The van der Waals surface area contributed by atoms with Crippen molar-refractivity contribution in [3.63, 3.8) is 0 Å². The van der Waals surface area contributed by atoms with E-state index in [1.165, 1.54) is 80.9 Å². The van der Waals surface area contributed by atoms with Gasteiger partial charge in [-0.15, -0.1) is 0 Å². The van der Waals surface area contributed by atoms with E-state index in [0.717, 1.165) is 36.5 Å². The lowest BCUT2D eigenvalue weighted by atomic mass is 9.63. The van der Waals surface area contributed by atoms with Crippen molar-refractivity contribution in [1.82, 2.24) is 0 Å². The van der Waals surface area contributed by atoms with Crippen molar-refractivity contribution in [2.24, 2.45) is 17.8 Å². The normalized spacial score (nSPS) is 25.7. The number of benzene rings is 2. The van der Waals surface area contributed by atoms with Crippen LogP contribution < -0.4 is 0 Å². The Kier molecular flexibility index (Phi) is 8.66. The second-order valence-corrected chi connectivity index (χ2v) is 10.6. The van der Waals surface area contributed by atoms with Gasteiger partial charge in [-0.1, -0.05) is 99.7 Å². The second-order valence-electron chi connectivity index (χ2n) is 10.6. The fraction of sp³-hybridized carbons (Fsp3) is 0.562. The fourth-order valence-corrected chi connectivity index (χ4v) is 6.46. The smallest absolute Gasteiger partial charge is 0.0159 e. The van der Waals surface area contributed by atoms with E-state index in [9.17, 15) is 0 Å². The van der Waals surface area contributed by atoms with Gasteiger partial charge in [0.05, 0.1) is 0 Å². The molecule has 2 aromatic rings. The molecule has 0 amide bonds. The first-order valence-electron chi connectivity index (χ1n) is 13.6. The second kappa shape index (κ2) is 11.9. The van der Waals surface area contributed by atoms with Crippen LogP contribution in [0.2, 0.25) is 0 Å². The third kappa shape index (κ3) is 6.15. The number of hydrogen-bond donors (Lipinski definition) is 0. The van der Waals surface area contributed by atoms with E-state index in [1.54, 1.807) is 5.56 Å². The SMILES string of the molecule is C/C=C/CCc1ccc(-c2ccc(C3CCC4CC(CCCCC)CCC4C3)cc2)cc1. The zero-order valence-electron chi connectivity index (χ0n) is 20.6. The molecule has 2 aliphatic rings. The molecular formula is C32H44.